The molecule has 2 unspecified atom stereocenters. The van der Waals surface area contributed by atoms with Crippen LogP contribution in [0.25, 0.3) is 0 Å². The molecule has 0 bridgehead atoms. The van der Waals surface area contributed by atoms with Gasteiger partial charge < -0.3 is 15.3 Å². The van der Waals surface area contributed by atoms with Gasteiger partial charge in [0, 0.05) is 25.6 Å². The van der Waals surface area contributed by atoms with Gasteiger partial charge in [0.1, 0.15) is 6.04 Å². The fraction of sp³-hybridized carbons (Fsp3) is 0.714. The number of hydrogen-bond acceptors (Lipinski definition) is 4. The van der Waals surface area contributed by atoms with Gasteiger partial charge in [-0.15, -0.1) is 0 Å². The number of carbonyl (C=O) groups is 1. The van der Waals surface area contributed by atoms with Crippen LogP contribution >= 0.6 is 0 Å². The Kier molecular flexibility index (Phi) is 1.54. The van der Waals surface area contributed by atoms with E-state index in [1.54, 1.807) is 6.21 Å². The molecule has 5 nitrogen and oxygen atoms in total. The SMILES string of the molecule is O=C(O)C1CC2(CC=NO2)CN1. The predicted octanol–water partition coefficient (Wildman–Crippen LogP) is -0.422. The van der Waals surface area contributed by atoms with Gasteiger partial charge in [-0.1, -0.05) is 5.16 Å². The van der Waals surface area contributed by atoms with E-state index in [0.29, 0.717) is 19.4 Å². The van der Waals surface area contributed by atoms with Gasteiger partial charge in [0.05, 0.1) is 0 Å². The Morgan fingerprint density at radius 1 is 1.83 bits per heavy atom. The van der Waals surface area contributed by atoms with Crippen molar-refractivity contribution in [2.45, 2.75) is 24.5 Å². The second-order valence-corrected chi connectivity index (χ2v) is 3.24. The molecular weight excluding hydrogens is 160 g/mol. The Bertz CT molecular complexity index is 231. The molecular formula is C7H10N2O3. The summed E-state index contributed by atoms with van der Waals surface area (Å²) in [6.45, 7) is 0.573. The standard InChI is InChI=1S/C7H10N2O3/c10-6(11)5-3-7(4-8-5)1-2-9-12-7/h2,5,8H,1,3-4H2,(H,10,11). The fourth-order valence-corrected chi connectivity index (χ4v) is 1.62. The van der Waals surface area contributed by atoms with Crippen LogP contribution in [-0.4, -0.2) is 35.5 Å². The van der Waals surface area contributed by atoms with Crippen molar-refractivity contribution in [3.63, 3.8) is 0 Å². The summed E-state index contributed by atoms with van der Waals surface area (Å²) in [5, 5.41) is 15.2. The van der Waals surface area contributed by atoms with E-state index in [9.17, 15) is 4.79 Å². The minimum Gasteiger partial charge on any atom is -0.480 e. The highest BCUT2D eigenvalue weighted by Crippen LogP contribution is 2.30. The summed E-state index contributed by atoms with van der Waals surface area (Å²) < 4.78 is 0. The average molecular weight is 170 g/mol. The number of hydrogen-bond donors (Lipinski definition) is 2. The maximum absolute atomic E-state index is 10.6. The molecule has 0 aromatic carbocycles. The van der Waals surface area contributed by atoms with Crippen molar-refractivity contribution in [1.82, 2.24) is 5.32 Å². The Morgan fingerprint density at radius 3 is 3.17 bits per heavy atom. The molecule has 0 aromatic heterocycles. The van der Waals surface area contributed by atoms with Gasteiger partial charge in [0.2, 0.25) is 0 Å². The topological polar surface area (TPSA) is 70.9 Å². The summed E-state index contributed by atoms with van der Waals surface area (Å²) in [5.74, 6) is -0.817. The number of aliphatic carboxylic acids is 1. The van der Waals surface area contributed by atoms with E-state index < -0.39 is 12.0 Å². The second-order valence-electron chi connectivity index (χ2n) is 3.24. The molecule has 2 aliphatic rings. The maximum Gasteiger partial charge on any atom is 0.320 e. The molecule has 0 aliphatic carbocycles. The van der Waals surface area contributed by atoms with Gasteiger partial charge in [0.25, 0.3) is 0 Å². The predicted molar refractivity (Wildman–Crippen MR) is 41.0 cm³/mol. The van der Waals surface area contributed by atoms with E-state index in [4.69, 9.17) is 9.94 Å². The molecule has 2 atom stereocenters. The lowest BCUT2D eigenvalue weighted by molar-refractivity contribution is -0.139. The second kappa shape index (κ2) is 2.45. The van der Waals surface area contributed by atoms with Crippen LogP contribution in [0.15, 0.2) is 5.16 Å². The number of carboxylic acid groups (broad SMARTS) is 1. The Balaban J connectivity index is 2.02. The number of carboxylic acids is 1. The molecule has 12 heavy (non-hydrogen) atoms. The molecule has 0 saturated carbocycles. The lowest BCUT2D eigenvalue weighted by Gasteiger charge is -2.17. The summed E-state index contributed by atoms with van der Waals surface area (Å²) in [5.41, 5.74) is -0.372. The van der Waals surface area contributed by atoms with E-state index in [1.807, 2.05) is 0 Å². The molecule has 0 aromatic rings. The molecule has 2 rings (SSSR count). The molecule has 2 heterocycles. The van der Waals surface area contributed by atoms with Crippen LogP contribution in [0.4, 0.5) is 0 Å². The highest BCUT2D eigenvalue weighted by atomic mass is 16.7. The van der Waals surface area contributed by atoms with Crippen molar-refractivity contribution in [3.05, 3.63) is 0 Å². The number of oxime groups is 1. The third-order valence-corrected chi connectivity index (χ3v) is 2.33. The first-order chi connectivity index (χ1) is 5.72. The third-order valence-electron chi connectivity index (χ3n) is 2.33. The molecule has 0 radical (unpaired) electrons. The van der Waals surface area contributed by atoms with Gasteiger partial charge in [-0.2, -0.15) is 0 Å². The Hall–Kier alpha value is -1.10. The van der Waals surface area contributed by atoms with Gasteiger partial charge in [-0.3, -0.25) is 4.79 Å². The van der Waals surface area contributed by atoms with Crippen LogP contribution < -0.4 is 5.32 Å². The summed E-state index contributed by atoms with van der Waals surface area (Å²) in [6.07, 6.45) is 2.90. The number of nitrogens with zero attached hydrogens (tertiary/aromatic N) is 1. The van der Waals surface area contributed by atoms with E-state index in [2.05, 4.69) is 10.5 Å². The van der Waals surface area contributed by atoms with Crippen LogP contribution in [0.5, 0.6) is 0 Å². The first kappa shape index (κ1) is 7.54. The van der Waals surface area contributed by atoms with E-state index in [-0.39, 0.29) is 5.60 Å². The average Bonchev–Trinajstić information content (AvgIpc) is 2.62. The normalized spacial score (nSPS) is 38.8. The minimum absolute atomic E-state index is 0.372. The molecule has 2 aliphatic heterocycles. The molecule has 5 heteroatoms. The van der Waals surface area contributed by atoms with Gasteiger partial charge in [0.15, 0.2) is 5.60 Å². The van der Waals surface area contributed by atoms with Crippen molar-refractivity contribution in [2.24, 2.45) is 5.16 Å². The van der Waals surface area contributed by atoms with Gasteiger partial charge in [-0.25, -0.2) is 0 Å². The van der Waals surface area contributed by atoms with E-state index in [0.717, 1.165) is 0 Å². The first-order valence-corrected chi connectivity index (χ1v) is 3.88. The highest BCUT2D eigenvalue weighted by Gasteiger charge is 2.45. The molecule has 2 N–H and O–H groups in total. The van der Waals surface area contributed by atoms with Gasteiger partial charge >= 0.3 is 5.97 Å². The summed E-state index contributed by atoms with van der Waals surface area (Å²) in [6, 6.07) is -0.480. The minimum atomic E-state index is -0.817. The van der Waals surface area contributed by atoms with Gasteiger partial charge in [-0.05, 0) is 0 Å². The lowest BCUT2D eigenvalue weighted by atomic mass is 9.97. The van der Waals surface area contributed by atoms with Crippen molar-refractivity contribution in [2.75, 3.05) is 6.54 Å². The zero-order valence-electron chi connectivity index (χ0n) is 6.49. The fourth-order valence-electron chi connectivity index (χ4n) is 1.62. The smallest absolute Gasteiger partial charge is 0.320 e. The van der Waals surface area contributed by atoms with Crippen LogP contribution in [0.2, 0.25) is 0 Å². The summed E-state index contributed by atoms with van der Waals surface area (Å²) in [7, 11) is 0. The van der Waals surface area contributed by atoms with Crippen LogP contribution in [-0.2, 0) is 9.63 Å². The third kappa shape index (κ3) is 1.06. The summed E-state index contributed by atoms with van der Waals surface area (Å²) in [4.78, 5) is 15.7. The van der Waals surface area contributed by atoms with E-state index in [1.165, 1.54) is 0 Å². The quantitative estimate of drug-likeness (QED) is 0.560. The number of rotatable bonds is 1. The zero-order chi connectivity index (χ0) is 8.60. The maximum atomic E-state index is 10.6. The number of nitrogens with one attached hydrogen (secondary N) is 1. The first-order valence-electron chi connectivity index (χ1n) is 3.88. The Morgan fingerprint density at radius 2 is 2.67 bits per heavy atom. The highest BCUT2D eigenvalue weighted by molar-refractivity contribution is 5.74. The molecule has 1 spiro atoms. The van der Waals surface area contributed by atoms with E-state index >= 15 is 0 Å². The largest absolute Gasteiger partial charge is 0.480 e. The van der Waals surface area contributed by atoms with Crippen LogP contribution in [0.1, 0.15) is 12.8 Å². The van der Waals surface area contributed by atoms with Crippen molar-refractivity contribution in [3.8, 4) is 0 Å². The lowest BCUT2D eigenvalue weighted by Crippen LogP contribution is -2.30. The molecule has 66 valence electrons. The Labute approximate surface area is 69.4 Å². The summed E-state index contributed by atoms with van der Waals surface area (Å²) >= 11 is 0. The van der Waals surface area contributed by atoms with Crippen LogP contribution in [0.3, 0.4) is 0 Å². The molecule has 1 saturated heterocycles. The monoisotopic (exact) mass is 170 g/mol. The van der Waals surface area contributed by atoms with Crippen molar-refractivity contribution >= 4 is 12.2 Å². The van der Waals surface area contributed by atoms with Crippen molar-refractivity contribution in [1.29, 1.82) is 0 Å². The van der Waals surface area contributed by atoms with Crippen molar-refractivity contribution < 1.29 is 14.7 Å². The van der Waals surface area contributed by atoms with Crippen LogP contribution in [0, 0.1) is 0 Å². The molecule has 0 amide bonds. The zero-order valence-corrected chi connectivity index (χ0v) is 6.49. The molecule has 1 fully saturated rings.